The lowest BCUT2D eigenvalue weighted by Crippen LogP contribution is -2.40. The summed E-state index contributed by atoms with van der Waals surface area (Å²) in [6.45, 7) is 0.862. The van der Waals surface area contributed by atoms with Gasteiger partial charge in [-0.3, -0.25) is 4.79 Å². The van der Waals surface area contributed by atoms with E-state index in [1.54, 1.807) is 0 Å². The number of morpholine rings is 1. The molecule has 0 aromatic heterocycles. The van der Waals surface area contributed by atoms with Gasteiger partial charge in [0.1, 0.15) is 0 Å². The molecule has 1 saturated carbocycles. The first-order valence-corrected chi connectivity index (χ1v) is 12.1. The third-order valence-electron chi connectivity index (χ3n) is 5.48. The van der Waals surface area contributed by atoms with Gasteiger partial charge >= 0.3 is 5.97 Å². The van der Waals surface area contributed by atoms with Crippen molar-refractivity contribution in [1.82, 2.24) is 9.62 Å². The van der Waals surface area contributed by atoms with E-state index in [2.05, 4.69) is 5.32 Å². The Bertz CT molecular complexity index is 828. The minimum Gasteiger partial charge on any atom is -0.452 e. The molecule has 1 aromatic rings. The van der Waals surface area contributed by atoms with E-state index in [0.29, 0.717) is 13.2 Å². The van der Waals surface area contributed by atoms with Crippen LogP contribution in [0.25, 0.3) is 0 Å². The molecule has 0 atom stereocenters. The van der Waals surface area contributed by atoms with E-state index in [9.17, 15) is 18.0 Å². The Morgan fingerprint density at radius 2 is 1.73 bits per heavy atom. The van der Waals surface area contributed by atoms with Crippen molar-refractivity contribution >= 4 is 21.9 Å². The predicted octanol–water partition coefficient (Wildman–Crippen LogP) is 2.09. The molecule has 0 spiro atoms. The maximum Gasteiger partial charge on any atom is 0.338 e. The van der Waals surface area contributed by atoms with Gasteiger partial charge in [-0.05, 0) is 31.0 Å². The van der Waals surface area contributed by atoms with Crippen LogP contribution in [0.5, 0.6) is 0 Å². The van der Waals surface area contributed by atoms with Gasteiger partial charge in [0, 0.05) is 19.1 Å². The predicted molar refractivity (Wildman–Crippen MR) is 111 cm³/mol. The minimum atomic E-state index is -3.71. The molecule has 2 fully saturated rings. The van der Waals surface area contributed by atoms with Crippen LogP contribution in [0, 0.1) is 0 Å². The smallest absolute Gasteiger partial charge is 0.338 e. The van der Waals surface area contributed by atoms with Crippen LogP contribution in [-0.2, 0) is 24.3 Å². The van der Waals surface area contributed by atoms with Crippen LogP contribution in [0.3, 0.4) is 0 Å². The topological polar surface area (TPSA) is 102 Å². The Kier molecular flexibility index (Phi) is 8.24. The summed E-state index contributed by atoms with van der Waals surface area (Å²) in [5, 5.41) is 2.94. The van der Waals surface area contributed by atoms with Gasteiger partial charge in [-0.25, -0.2) is 13.2 Å². The summed E-state index contributed by atoms with van der Waals surface area (Å²) in [4.78, 5) is 24.6. The number of carbonyl (C=O) groups is 2. The normalized spacial score (nSPS) is 19.5. The Balaban J connectivity index is 1.55. The average molecular weight is 439 g/mol. The molecule has 1 N–H and O–H groups in total. The summed E-state index contributed by atoms with van der Waals surface area (Å²) >= 11 is 0. The Morgan fingerprint density at radius 3 is 2.43 bits per heavy atom. The number of benzene rings is 1. The zero-order valence-electron chi connectivity index (χ0n) is 17.2. The van der Waals surface area contributed by atoms with E-state index >= 15 is 0 Å². The molecule has 30 heavy (non-hydrogen) atoms. The Morgan fingerprint density at radius 1 is 1.07 bits per heavy atom. The first-order valence-electron chi connectivity index (χ1n) is 10.6. The van der Waals surface area contributed by atoms with E-state index in [0.717, 1.165) is 25.7 Å². The van der Waals surface area contributed by atoms with Crippen LogP contribution in [0.1, 0.15) is 55.3 Å². The molecular formula is C21H30N2O6S. The first kappa shape index (κ1) is 22.7. The molecule has 1 aliphatic carbocycles. The van der Waals surface area contributed by atoms with E-state index < -0.39 is 16.0 Å². The van der Waals surface area contributed by atoms with Crippen molar-refractivity contribution in [2.24, 2.45) is 0 Å². The molecule has 1 saturated heterocycles. The van der Waals surface area contributed by atoms with Gasteiger partial charge in [0.25, 0.3) is 5.91 Å². The van der Waals surface area contributed by atoms with Crippen molar-refractivity contribution in [2.45, 2.75) is 55.9 Å². The number of nitrogens with zero attached hydrogens (tertiary/aromatic N) is 1. The van der Waals surface area contributed by atoms with Gasteiger partial charge in [0.05, 0.1) is 23.7 Å². The van der Waals surface area contributed by atoms with Crippen molar-refractivity contribution in [3.8, 4) is 0 Å². The largest absolute Gasteiger partial charge is 0.452 e. The summed E-state index contributed by atoms with van der Waals surface area (Å²) < 4.78 is 37.2. The number of hydrogen-bond acceptors (Lipinski definition) is 6. The summed E-state index contributed by atoms with van der Waals surface area (Å²) in [5.41, 5.74) is 0.100. The van der Waals surface area contributed by atoms with Crippen molar-refractivity contribution in [1.29, 1.82) is 0 Å². The number of rotatable bonds is 6. The van der Waals surface area contributed by atoms with E-state index in [1.807, 2.05) is 0 Å². The number of esters is 1. The molecule has 1 aliphatic heterocycles. The standard InChI is InChI=1S/C21H30N2O6S/c24-20(22-18-8-4-2-1-3-5-9-18)16-29-21(25)17-7-6-10-19(15-17)30(26,27)23-11-13-28-14-12-23/h6-7,10,15,18H,1-5,8-9,11-14,16H2,(H,22,24). The molecule has 2 aliphatic rings. The second kappa shape index (κ2) is 10.9. The van der Waals surface area contributed by atoms with Gasteiger partial charge in [-0.1, -0.05) is 38.2 Å². The maximum atomic E-state index is 12.8. The highest BCUT2D eigenvalue weighted by atomic mass is 32.2. The fraction of sp³-hybridized carbons (Fsp3) is 0.619. The second-order valence-corrected chi connectivity index (χ2v) is 9.67. The molecular weight excluding hydrogens is 408 g/mol. The highest BCUT2D eigenvalue weighted by molar-refractivity contribution is 7.89. The summed E-state index contributed by atoms with van der Waals surface area (Å²) in [6, 6.07) is 5.84. The number of hydrogen-bond donors (Lipinski definition) is 1. The molecule has 0 unspecified atom stereocenters. The summed E-state index contributed by atoms with van der Waals surface area (Å²) in [5.74, 6) is -1.05. The molecule has 1 heterocycles. The third kappa shape index (κ3) is 6.26. The van der Waals surface area contributed by atoms with Gasteiger partial charge in [-0.15, -0.1) is 0 Å². The molecule has 1 amide bonds. The number of carbonyl (C=O) groups excluding carboxylic acids is 2. The van der Waals surface area contributed by atoms with Gasteiger partial charge in [-0.2, -0.15) is 4.31 Å². The SMILES string of the molecule is O=C(COC(=O)c1cccc(S(=O)(=O)N2CCOCC2)c1)NC1CCCCCCC1. The summed E-state index contributed by atoms with van der Waals surface area (Å²) in [6.07, 6.45) is 7.70. The first-order chi connectivity index (χ1) is 14.5. The molecule has 8 nitrogen and oxygen atoms in total. The van der Waals surface area contributed by atoms with Gasteiger partial charge in [0.15, 0.2) is 6.61 Å². The van der Waals surface area contributed by atoms with Crippen LogP contribution in [0.15, 0.2) is 29.2 Å². The van der Waals surface area contributed by atoms with Crippen molar-refractivity contribution in [2.75, 3.05) is 32.9 Å². The molecule has 0 radical (unpaired) electrons. The van der Waals surface area contributed by atoms with Crippen LogP contribution in [0.2, 0.25) is 0 Å². The lowest BCUT2D eigenvalue weighted by Gasteiger charge is -2.26. The molecule has 1 aromatic carbocycles. The quantitative estimate of drug-likeness (QED) is 0.683. The van der Waals surface area contributed by atoms with Crippen LogP contribution in [0.4, 0.5) is 0 Å². The summed E-state index contributed by atoms with van der Waals surface area (Å²) in [7, 11) is -3.71. The van der Waals surface area contributed by atoms with Crippen LogP contribution < -0.4 is 5.32 Å². The van der Waals surface area contributed by atoms with Gasteiger partial charge in [0.2, 0.25) is 10.0 Å². The monoisotopic (exact) mass is 438 g/mol. The van der Waals surface area contributed by atoms with Crippen LogP contribution in [-0.4, -0.2) is 63.6 Å². The highest BCUT2D eigenvalue weighted by Crippen LogP contribution is 2.19. The fourth-order valence-corrected chi connectivity index (χ4v) is 5.26. The lowest BCUT2D eigenvalue weighted by molar-refractivity contribution is -0.125. The third-order valence-corrected chi connectivity index (χ3v) is 7.38. The fourth-order valence-electron chi connectivity index (χ4n) is 3.80. The molecule has 0 bridgehead atoms. The Hall–Kier alpha value is -1.97. The highest BCUT2D eigenvalue weighted by Gasteiger charge is 2.27. The second-order valence-electron chi connectivity index (χ2n) is 7.73. The lowest BCUT2D eigenvalue weighted by atomic mass is 9.97. The number of amides is 1. The number of sulfonamides is 1. The minimum absolute atomic E-state index is 0.0258. The van der Waals surface area contributed by atoms with Crippen molar-refractivity contribution < 1.29 is 27.5 Å². The van der Waals surface area contributed by atoms with Crippen molar-refractivity contribution in [3.63, 3.8) is 0 Å². The van der Waals surface area contributed by atoms with E-state index in [-0.39, 0.29) is 42.1 Å². The average Bonchev–Trinajstić information content (AvgIpc) is 2.74. The molecule has 3 rings (SSSR count). The Labute approximate surface area is 178 Å². The number of ether oxygens (including phenoxy) is 2. The van der Waals surface area contributed by atoms with E-state index in [4.69, 9.17) is 9.47 Å². The van der Waals surface area contributed by atoms with Crippen molar-refractivity contribution in [3.05, 3.63) is 29.8 Å². The maximum absolute atomic E-state index is 12.8. The molecule has 166 valence electrons. The zero-order chi connectivity index (χ0) is 21.4. The van der Waals surface area contributed by atoms with Gasteiger partial charge < -0.3 is 14.8 Å². The zero-order valence-corrected chi connectivity index (χ0v) is 18.0. The molecule has 9 heteroatoms. The number of nitrogens with one attached hydrogen (secondary N) is 1. The van der Waals surface area contributed by atoms with E-state index in [1.165, 1.54) is 47.8 Å². The van der Waals surface area contributed by atoms with Crippen LogP contribution >= 0.6 is 0 Å².